The molecule has 0 amide bonds. The van der Waals surface area contributed by atoms with Crippen molar-refractivity contribution < 1.29 is 0 Å². The summed E-state index contributed by atoms with van der Waals surface area (Å²) in [6.07, 6.45) is 5.03. The summed E-state index contributed by atoms with van der Waals surface area (Å²) >= 11 is 5.68. The molecule has 0 heterocycles. The first kappa shape index (κ1) is 17.2. The Hall–Kier alpha value is 0.210. The van der Waals surface area contributed by atoms with Crippen LogP contribution in [-0.2, 0) is 0 Å². The Kier molecular flexibility index (Phi) is 12.8. The predicted octanol–water partition coefficient (Wildman–Crippen LogP) is 3.45. The monoisotopic (exact) mass is 262 g/mol. The van der Waals surface area contributed by atoms with E-state index in [9.17, 15) is 0 Å². The van der Waals surface area contributed by atoms with Crippen molar-refractivity contribution in [3.63, 3.8) is 0 Å². The third kappa shape index (κ3) is 9.87. The topological polar surface area (TPSA) is 6.48 Å². The molecule has 2 nitrogen and oxygen atoms in total. The average Bonchev–Trinajstić information content (AvgIpc) is 2.37. The van der Waals surface area contributed by atoms with Crippen LogP contribution in [0.15, 0.2) is 0 Å². The van der Waals surface area contributed by atoms with Gasteiger partial charge in [-0.1, -0.05) is 27.2 Å². The van der Waals surface area contributed by atoms with Gasteiger partial charge in [0.1, 0.15) is 0 Å². The normalized spacial score (nSPS) is 11.6. The van der Waals surface area contributed by atoms with Crippen LogP contribution in [0.4, 0.5) is 0 Å². The quantitative estimate of drug-likeness (QED) is 0.393. The Bertz CT molecular complexity index is 149. The maximum atomic E-state index is 5.68. The maximum Gasteiger partial charge on any atom is 0.0223 e. The summed E-state index contributed by atoms with van der Waals surface area (Å²) in [6, 6.07) is 0. The van der Waals surface area contributed by atoms with Crippen molar-refractivity contribution in [2.45, 2.75) is 46.5 Å². The molecule has 0 aliphatic heterocycles. The zero-order valence-electron chi connectivity index (χ0n) is 12.1. The van der Waals surface area contributed by atoms with Gasteiger partial charge in [-0.3, -0.25) is 0 Å². The van der Waals surface area contributed by atoms with E-state index in [1.807, 2.05) is 0 Å². The highest BCUT2D eigenvalue weighted by atomic mass is 35.5. The Labute approximate surface area is 113 Å². The Balaban J connectivity index is 3.53. The van der Waals surface area contributed by atoms with Gasteiger partial charge < -0.3 is 9.80 Å². The number of nitrogens with zero attached hydrogens (tertiary/aromatic N) is 2. The lowest BCUT2D eigenvalue weighted by atomic mass is 10.2. The summed E-state index contributed by atoms with van der Waals surface area (Å²) in [5, 5.41) is 0. The van der Waals surface area contributed by atoms with E-state index >= 15 is 0 Å². The van der Waals surface area contributed by atoms with Crippen LogP contribution in [-0.4, -0.2) is 54.9 Å². The molecule has 0 saturated heterocycles. The van der Waals surface area contributed by atoms with Gasteiger partial charge in [-0.05, 0) is 58.5 Å². The summed E-state index contributed by atoms with van der Waals surface area (Å²) in [5.41, 5.74) is 0. The number of hydrogen-bond donors (Lipinski definition) is 0. The van der Waals surface area contributed by atoms with Gasteiger partial charge in [0.05, 0.1) is 0 Å². The molecule has 0 atom stereocenters. The second-order valence-corrected chi connectivity index (χ2v) is 4.94. The third-order valence-corrected chi connectivity index (χ3v) is 3.67. The van der Waals surface area contributed by atoms with Crippen molar-refractivity contribution >= 4 is 11.6 Å². The van der Waals surface area contributed by atoms with Crippen molar-refractivity contribution in [3.05, 3.63) is 0 Å². The second-order valence-electron chi connectivity index (χ2n) is 4.56. The first-order valence-corrected chi connectivity index (χ1v) is 7.82. The first-order chi connectivity index (χ1) is 8.28. The molecule has 0 unspecified atom stereocenters. The van der Waals surface area contributed by atoms with E-state index < -0.39 is 0 Å². The highest BCUT2D eigenvalue weighted by Gasteiger charge is 2.03. The number of hydrogen-bond acceptors (Lipinski definition) is 2. The summed E-state index contributed by atoms with van der Waals surface area (Å²) in [5.74, 6) is 0.814. The molecule has 0 aromatic rings. The van der Waals surface area contributed by atoms with Crippen LogP contribution >= 0.6 is 11.6 Å². The van der Waals surface area contributed by atoms with Gasteiger partial charge in [-0.2, -0.15) is 0 Å². The fourth-order valence-corrected chi connectivity index (χ4v) is 2.28. The molecule has 3 heteroatoms. The molecule has 0 aliphatic carbocycles. The lowest BCUT2D eigenvalue weighted by Gasteiger charge is -2.23. The van der Waals surface area contributed by atoms with Crippen LogP contribution in [0.5, 0.6) is 0 Å². The van der Waals surface area contributed by atoms with Crippen molar-refractivity contribution in [1.82, 2.24) is 9.80 Å². The fraction of sp³-hybridized carbons (Fsp3) is 1.00. The molecule has 104 valence electrons. The van der Waals surface area contributed by atoms with Crippen LogP contribution in [0.3, 0.4) is 0 Å². The van der Waals surface area contributed by atoms with E-state index in [-0.39, 0.29) is 0 Å². The largest absolute Gasteiger partial charge is 0.304 e. The molecule has 0 fully saturated rings. The van der Waals surface area contributed by atoms with Gasteiger partial charge in [-0.25, -0.2) is 0 Å². The van der Waals surface area contributed by atoms with Crippen LogP contribution in [0.1, 0.15) is 46.5 Å². The lowest BCUT2D eigenvalue weighted by molar-refractivity contribution is 0.240. The highest BCUT2D eigenvalue weighted by molar-refractivity contribution is 6.17. The van der Waals surface area contributed by atoms with Crippen molar-refractivity contribution in [1.29, 1.82) is 0 Å². The molecule has 0 N–H and O–H groups in total. The molecule has 0 bridgehead atoms. The minimum atomic E-state index is 0.814. The second kappa shape index (κ2) is 12.7. The van der Waals surface area contributed by atoms with Crippen molar-refractivity contribution in [2.75, 3.05) is 45.1 Å². The van der Waals surface area contributed by atoms with E-state index in [1.165, 1.54) is 65.0 Å². The van der Waals surface area contributed by atoms with E-state index in [4.69, 9.17) is 11.6 Å². The standard InChI is InChI=1S/C14H31ClN2/c1-4-16(5-2)13-10-14-17(6-3)12-9-7-8-11-15/h4-14H2,1-3H3. The zero-order chi connectivity index (χ0) is 12.9. The van der Waals surface area contributed by atoms with Gasteiger partial charge in [0.15, 0.2) is 0 Å². The van der Waals surface area contributed by atoms with Gasteiger partial charge in [0, 0.05) is 5.88 Å². The zero-order valence-corrected chi connectivity index (χ0v) is 12.8. The Morgan fingerprint density at radius 3 is 1.71 bits per heavy atom. The van der Waals surface area contributed by atoms with Crippen LogP contribution in [0.25, 0.3) is 0 Å². The molecule has 17 heavy (non-hydrogen) atoms. The molecule has 0 radical (unpaired) electrons. The van der Waals surface area contributed by atoms with Gasteiger partial charge in [0.25, 0.3) is 0 Å². The SMILES string of the molecule is CCN(CC)CCCN(CC)CCCCCCl. The summed E-state index contributed by atoms with van der Waals surface area (Å²) in [6.45, 7) is 14.0. The predicted molar refractivity (Wildman–Crippen MR) is 79.1 cm³/mol. The van der Waals surface area contributed by atoms with Gasteiger partial charge >= 0.3 is 0 Å². The van der Waals surface area contributed by atoms with E-state index in [0.29, 0.717) is 0 Å². The summed E-state index contributed by atoms with van der Waals surface area (Å²) < 4.78 is 0. The molecule has 0 rings (SSSR count). The molecular weight excluding hydrogens is 232 g/mol. The Morgan fingerprint density at radius 1 is 0.647 bits per heavy atom. The molecule has 0 saturated carbocycles. The maximum absolute atomic E-state index is 5.68. The first-order valence-electron chi connectivity index (χ1n) is 7.29. The van der Waals surface area contributed by atoms with Gasteiger partial charge in [-0.15, -0.1) is 11.6 Å². The number of unbranched alkanes of at least 4 members (excludes halogenated alkanes) is 2. The summed E-state index contributed by atoms with van der Waals surface area (Å²) in [7, 11) is 0. The fourth-order valence-electron chi connectivity index (χ4n) is 2.09. The van der Waals surface area contributed by atoms with Crippen molar-refractivity contribution in [3.8, 4) is 0 Å². The van der Waals surface area contributed by atoms with E-state index in [2.05, 4.69) is 30.6 Å². The molecule has 0 aromatic carbocycles. The van der Waals surface area contributed by atoms with Crippen LogP contribution in [0.2, 0.25) is 0 Å². The average molecular weight is 263 g/mol. The van der Waals surface area contributed by atoms with Gasteiger partial charge in [0.2, 0.25) is 0 Å². The van der Waals surface area contributed by atoms with E-state index in [1.54, 1.807) is 0 Å². The number of alkyl halides is 1. The summed E-state index contributed by atoms with van der Waals surface area (Å²) in [4.78, 5) is 5.07. The minimum absolute atomic E-state index is 0.814. The molecular formula is C14H31ClN2. The van der Waals surface area contributed by atoms with E-state index in [0.717, 1.165) is 5.88 Å². The Morgan fingerprint density at radius 2 is 1.18 bits per heavy atom. The van der Waals surface area contributed by atoms with Crippen LogP contribution in [0, 0.1) is 0 Å². The van der Waals surface area contributed by atoms with Crippen LogP contribution < -0.4 is 0 Å². The third-order valence-electron chi connectivity index (χ3n) is 3.40. The highest BCUT2D eigenvalue weighted by Crippen LogP contribution is 2.01. The van der Waals surface area contributed by atoms with Crippen molar-refractivity contribution in [2.24, 2.45) is 0 Å². The molecule has 0 aromatic heterocycles. The number of halogens is 1. The number of rotatable bonds is 12. The molecule has 0 aliphatic rings. The smallest absolute Gasteiger partial charge is 0.0223 e. The minimum Gasteiger partial charge on any atom is -0.304 e. The lowest BCUT2D eigenvalue weighted by Crippen LogP contribution is -2.30. The molecule has 0 spiro atoms.